The minimum atomic E-state index is 0.678. The fraction of sp³-hybridized carbons (Fsp3) is 0.333. The summed E-state index contributed by atoms with van der Waals surface area (Å²) in [6, 6.07) is 12.3. The minimum absolute atomic E-state index is 0.678. The predicted molar refractivity (Wildman–Crippen MR) is 91.5 cm³/mol. The van der Waals surface area contributed by atoms with Gasteiger partial charge >= 0.3 is 0 Å². The van der Waals surface area contributed by atoms with Gasteiger partial charge in [0.2, 0.25) is 0 Å². The summed E-state index contributed by atoms with van der Waals surface area (Å²) in [5, 5.41) is 10.3. The summed E-state index contributed by atoms with van der Waals surface area (Å²) < 4.78 is 5.17. The molecule has 0 saturated carbocycles. The number of aromatic nitrogens is 1. The molecule has 1 aliphatic heterocycles. The third kappa shape index (κ3) is 3.66. The number of fused-ring (bicyclic) bond motifs is 1. The van der Waals surface area contributed by atoms with Crippen LogP contribution in [0, 0.1) is 11.3 Å². The van der Waals surface area contributed by atoms with Crippen LogP contribution in [-0.2, 0) is 18.7 Å². The molecular formula is C18H19N3OS. The number of ether oxygens (including phenoxy) is 1. The van der Waals surface area contributed by atoms with Crippen LogP contribution in [0.2, 0.25) is 0 Å². The van der Waals surface area contributed by atoms with E-state index in [1.54, 1.807) is 18.9 Å². The second-order valence-electron chi connectivity index (χ2n) is 5.68. The molecule has 3 rings (SSSR count). The average Bonchev–Trinajstić information content (AvgIpc) is 2.59. The quantitative estimate of drug-likeness (QED) is 0.808. The molecule has 0 saturated heterocycles. The number of nitriles is 1. The van der Waals surface area contributed by atoms with Gasteiger partial charge in [-0.3, -0.25) is 0 Å². The molecule has 1 aromatic heterocycles. The first-order valence-corrected chi connectivity index (χ1v) is 8.55. The van der Waals surface area contributed by atoms with Gasteiger partial charge in [-0.15, -0.1) is 11.8 Å². The Hall–Kier alpha value is -2.03. The Bertz CT molecular complexity index is 737. The topological polar surface area (TPSA) is 49.1 Å². The molecule has 0 spiro atoms. The molecule has 1 aromatic carbocycles. The summed E-state index contributed by atoms with van der Waals surface area (Å²) in [5.74, 6) is 1.65. The molecule has 23 heavy (non-hydrogen) atoms. The van der Waals surface area contributed by atoms with Crippen molar-refractivity contribution in [3.63, 3.8) is 0 Å². The van der Waals surface area contributed by atoms with E-state index in [0.717, 1.165) is 41.7 Å². The van der Waals surface area contributed by atoms with Crippen LogP contribution in [-0.4, -0.2) is 30.6 Å². The highest BCUT2D eigenvalue weighted by atomic mass is 32.2. The molecule has 0 atom stereocenters. The lowest BCUT2D eigenvalue weighted by Crippen LogP contribution is -2.27. The van der Waals surface area contributed by atoms with Gasteiger partial charge in [-0.25, -0.2) is 4.98 Å². The second kappa shape index (κ2) is 7.03. The van der Waals surface area contributed by atoms with Crippen molar-refractivity contribution in [2.45, 2.75) is 23.7 Å². The third-order valence-corrected chi connectivity index (χ3v) is 5.04. The molecule has 0 fully saturated rings. The number of nitrogens with zero attached hydrogens (tertiary/aromatic N) is 3. The van der Waals surface area contributed by atoms with E-state index in [1.807, 2.05) is 30.3 Å². The number of pyridine rings is 1. The maximum Gasteiger partial charge on any atom is 0.118 e. The molecule has 2 heterocycles. The Morgan fingerprint density at radius 3 is 2.83 bits per heavy atom. The molecule has 5 heteroatoms. The van der Waals surface area contributed by atoms with E-state index in [0.29, 0.717) is 5.56 Å². The van der Waals surface area contributed by atoms with Crippen LogP contribution in [0.5, 0.6) is 5.75 Å². The van der Waals surface area contributed by atoms with E-state index in [-0.39, 0.29) is 0 Å². The van der Waals surface area contributed by atoms with Crippen LogP contribution >= 0.6 is 11.8 Å². The van der Waals surface area contributed by atoms with Gasteiger partial charge in [0, 0.05) is 31.0 Å². The Balaban J connectivity index is 1.78. The first-order chi connectivity index (χ1) is 11.2. The normalized spacial score (nSPS) is 14.1. The van der Waals surface area contributed by atoms with Gasteiger partial charge in [0.25, 0.3) is 0 Å². The number of rotatable bonds is 4. The first-order valence-electron chi connectivity index (χ1n) is 7.57. The second-order valence-corrected chi connectivity index (χ2v) is 6.65. The first kappa shape index (κ1) is 15.9. The van der Waals surface area contributed by atoms with Gasteiger partial charge in [0.1, 0.15) is 16.8 Å². The van der Waals surface area contributed by atoms with E-state index in [2.05, 4.69) is 18.0 Å². The van der Waals surface area contributed by atoms with Crippen LogP contribution < -0.4 is 4.74 Å². The standard InChI is InChI=1S/C18H19N3OS/c1-21-8-7-17-15(11-21)9-14(10-19)18(20-17)23-12-13-3-5-16(22-2)6-4-13/h3-6,9H,7-8,11-12H2,1-2H3. The summed E-state index contributed by atoms with van der Waals surface area (Å²) in [4.78, 5) is 7.02. The molecule has 1 aliphatic rings. The smallest absolute Gasteiger partial charge is 0.118 e. The number of benzene rings is 1. The lowest BCUT2D eigenvalue weighted by molar-refractivity contribution is 0.309. The highest BCUT2D eigenvalue weighted by Gasteiger charge is 2.18. The number of hydrogen-bond acceptors (Lipinski definition) is 5. The van der Waals surface area contributed by atoms with E-state index in [4.69, 9.17) is 9.72 Å². The highest BCUT2D eigenvalue weighted by Crippen LogP contribution is 2.28. The molecule has 0 aliphatic carbocycles. The van der Waals surface area contributed by atoms with Crippen LogP contribution in [0.3, 0.4) is 0 Å². The summed E-state index contributed by atoms with van der Waals surface area (Å²) in [6.45, 7) is 1.90. The molecule has 0 unspecified atom stereocenters. The Morgan fingerprint density at radius 1 is 1.35 bits per heavy atom. The summed E-state index contributed by atoms with van der Waals surface area (Å²) in [5.41, 5.74) is 4.19. The Labute approximate surface area is 141 Å². The Kier molecular flexibility index (Phi) is 4.85. The molecule has 0 N–H and O–H groups in total. The zero-order valence-electron chi connectivity index (χ0n) is 13.4. The van der Waals surface area contributed by atoms with Gasteiger partial charge in [-0.2, -0.15) is 5.26 Å². The molecule has 4 nitrogen and oxygen atoms in total. The zero-order chi connectivity index (χ0) is 16.2. The maximum absolute atomic E-state index is 9.42. The molecule has 2 aromatic rings. The van der Waals surface area contributed by atoms with Crippen LogP contribution in [0.4, 0.5) is 0 Å². The van der Waals surface area contributed by atoms with Crippen molar-refractivity contribution >= 4 is 11.8 Å². The zero-order valence-corrected chi connectivity index (χ0v) is 14.2. The van der Waals surface area contributed by atoms with Crippen molar-refractivity contribution in [3.8, 4) is 11.8 Å². The van der Waals surface area contributed by atoms with E-state index >= 15 is 0 Å². The largest absolute Gasteiger partial charge is 0.497 e. The molecule has 118 valence electrons. The SMILES string of the molecule is COc1ccc(CSc2nc3c(cc2C#N)CN(C)CC3)cc1. The summed E-state index contributed by atoms with van der Waals surface area (Å²) in [6.07, 6.45) is 0.952. The lowest BCUT2D eigenvalue weighted by atomic mass is 10.0. The summed E-state index contributed by atoms with van der Waals surface area (Å²) >= 11 is 1.62. The Morgan fingerprint density at radius 2 is 2.13 bits per heavy atom. The van der Waals surface area contributed by atoms with Gasteiger partial charge in [-0.05, 0) is 36.4 Å². The van der Waals surface area contributed by atoms with Crippen LogP contribution in [0.15, 0.2) is 35.4 Å². The van der Waals surface area contributed by atoms with Crippen LogP contribution in [0.25, 0.3) is 0 Å². The van der Waals surface area contributed by atoms with Gasteiger partial charge in [0.05, 0.1) is 12.7 Å². The highest BCUT2D eigenvalue weighted by molar-refractivity contribution is 7.98. The maximum atomic E-state index is 9.42. The van der Waals surface area contributed by atoms with Crippen molar-refractivity contribution in [2.75, 3.05) is 20.7 Å². The lowest BCUT2D eigenvalue weighted by Gasteiger charge is -2.24. The van der Waals surface area contributed by atoms with Gasteiger partial charge < -0.3 is 9.64 Å². The van der Waals surface area contributed by atoms with E-state index in [1.165, 1.54) is 11.1 Å². The minimum Gasteiger partial charge on any atom is -0.497 e. The van der Waals surface area contributed by atoms with E-state index < -0.39 is 0 Å². The molecule has 0 amide bonds. The van der Waals surface area contributed by atoms with Gasteiger partial charge in [0.15, 0.2) is 0 Å². The van der Waals surface area contributed by atoms with Crippen molar-refractivity contribution < 1.29 is 4.74 Å². The van der Waals surface area contributed by atoms with Crippen LogP contribution in [0.1, 0.15) is 22.4 Å². The monoisotopic (exact) mass is 325 g/mol. The number of methoxy groups -OCH3 is 1. The molecule has 0 radical (unpaired) electrons. The molecular weight excluding hydrogens is 306 g/mol. The van der Waals surface area contributed by atoms with Crippen molar-refractivity contribution in [1.82, 2.24) is 9.88 Å². The van der Waals surface area contributed by atoms with Crippen molar-refractivity contribution in [3.05, 3.63) is 52.7 Å². The number of likely N-dealkylation sites (N-methyl/N-ethyl adjacent to an activating group) is 1. The number of thioether (sulfide) groups is 1. The summed E-state index contributed by atoms with van der Waals surface area (Å²) in [7, 11) is 3.76. The third-order valence-electron chi connectivity index (χ3n) is 3.98. The van der Waals surface area contributed by atoms with Crippen molar-refractivity contribution in [1.29, 1.82) is 5.26 Å². The van der Waals surface area contributed by atoms with Crippen molar-refractivity contribution in [2.24, 2.45) is 0 Å². The predicted octanol–water partition coefficient (Wildman–Crippen LogP) is 3.24. The number of hydrogen-bond donors (Lipinski definition) is 0. The fourth-order valence-electron chi connectivity index (χ4n) is 2.66. The van der Waals surface area contributed by atoms with E-state index in [9.17, 15) is 5.26 Å². The average molecular weight is 325 g/mol. The molecule has 0 bridgehead atoms. The van der Waals surface area contributed by atoms with Gasteiger partial charge in [-0.1, -0.05) is 12.1 Å². The fourth-order valence-corrected chi connectivity index (χ4v) is 3.59.